The van der Waals surface area contributed by atoms with Crippen molar-refractivity contribution < 1.29 is 9.90 Å². The van der Waals surface area contributed by atoms with Crippen LogP contribution >= 0.6 is 0 Å². The van der Waals surface area contributed by atoms with Crippen LogP contribution in [0.3, 0.4) is 0 Å². The molecule has 0 aliphatic carbocycles. The number of pyridine rings is 1. The molecule has 13 heavy (non-hydrogen) atoms. The van der Waals surface area contributed by atoms with Crippen molar-refractivity contribution in [1.82, 2.24) is 4.98 Å². The van der Waals surface area contributed by atoms with Crippen molar-refractivity contribution in [2.75, 3.05) is 0 Å². The molecule has 0 radical (unpaired) electrons. The Balaban J connectivity index is 3.15. The molecule has 1 rings (SSSR count). The van der Waals surface area contributed by atoms with E-state index in [-0.39, 0.29) is 0 Å². The van der Waals surface area contributed by atoms with Crippen LogP contribution in [-0.2, 0) is 12.8 Å². The van der Waals surface area contributed by atoms with Crippen molar-refractivity contribution >= 4 is 5.97 Å². The van der Waals surface area contributed by atoms with Gasteiger partial charge in [0.2, 0.25) is 0 Å². The molecule has 0 amide bonds. The minimum Gasteiger partial charge on any atom is -0.478 e. The predicted molar refractivity (Wildman–Crippen MR) is 50.0 cm³/mol. The predicted octanol–water partition coefficient (Wildman–Crippen LogP) is 1.90. The second-order valence-electron chi connectivity index (χ2n) is 2.81. The largest absolute Gasteiger partial charge is 0.478 e. The summed E-state index contributed by atoms with van der Waals surface area (Å²) in [6, 6.07) is 3.40. The molecular formula is C10H13NO2. The fraction of sp³-hybridized carbons (Fsp3) is 0.400. The molecule has 1 aromatic heterocycles. The minimum absolute atomic E-state index is 0.319. The van der Waals surface area contributed by atoms with Crippen LogP contribution in [0, 0.1) is 0 Å². The summed E-state index contributed by atoms with van der Waals surface area (Å²) in [6.07, 6.45) is 1.50. The SMILES string of the molecule is CCc1ccc(C(=O)O)c(CC)n1. The molecular weight excluding hydrogens is 166 g/mol. The van der Waals surface area contributed by atoms with Crippen LogP contribution < -0.4 is 0 Å². The van der Waals surface area contributed by atoms with E-state index >= 15 is 0 Å². The van der Waals surface area contributed by atoms with E-state index in [0.717, 1.165) is 12.1 Å². The molecule has 3 heteroatoms. The quantitative estimate of drug-likeness (QED) is 0.771. The molecule has 0 atom stereocenters. The average Bonchev–Trinajstić information content (AvgIpc) is 2.16. The lowest BCUT2D eigenvalue weighted by molar-refractivity contribution is 0.0695. The monoisotopic (exact) mass is 179 g/mol. The van der Waals surface area contributed by atoms with E-state index < -0.39 is 5.97 Å². The standard InChI is InChI=1S/C10H13NO2/c1-3-7-5-6-8(10(12)13)9(4-2)11-7/h5-6H,3-4H2,1-2H3,(H,12,13). The Kier molecular flexibility index (Phi) is 3.01. The van der Waals surface area contributed by atoms with Crippen LogP contribution in [0.15, 0.2) is 12.1 Å². The van der Waals surface area contributed by atoms with Gasteiger partial charge in [-0.1, -0.05) is 13.8 Å². The second-order valence-corrected chi connectivity index (χ2v) is 2.81. The van der Waals surface area contributed by atoms with Gasteiger partial charge in [-0.25, -0.2) is 4.79 Å². The molecule has 0 saturated carbocycles. The molecule has 0 aliphatic rings. The number of aromatic carboxylic acids is 1. The Bertz CT molecular complexity index is 321. The molecule has 1 aromatic rings. The van der Waals surface area contributed by atoms with Gasteiger partial charge in [0.15, 0.2) is 0 Å². The fourth-order valence-electron chi connectivity index (χ4n) is 1.21. The first-order valence-corrected chi connectivity index (χ1v) is 4.41. The number of aromatic nitrogens is 1. The molecule has 0 spiro atoms. The summed E-state index contributed by atoms with van der Waals surface area (Å²) in [4.78, 5) is 15.0. The summed E-state index contributed by atoms with van der Waals surface area (Å²) in [7, 11) is 0. The fourth-order valence-corrected chi connectivity index (χ4v) is 1.21. The van der Waals surface area contributed by atoms with Gasteiger partial charge in [0, 0.05) is 5.69 Å². The zero-order valence-corrected chi connectivity index (χ0v) is 7.87. The van der Waals surface area contributed by atoms with E-state index in [0.29, 0.717) is 17.7 Å². The van der Waals surface area contributed by atoms with Crippen LogP contribution in [-0.4, -0.2) is 16.1 Å². The average molecular weight is 179 g/mol. The highest BCUT2D eigenvalue weighted by Crippen LogP contribution is 2.09. The lowest BCUT2D eigenvalue weighted by Gasteiger charge is -2.04. The number of carbonyl (C=O) groups is 1. The van der Waals surface area contributed by atoms with E-state index in [1.54, 1.807) is 12.1 Å². The second kappa shape index (κ2) is 4.03. The molecule has 0 aromatic carbocycles. The molecule has 1 heterocycles. The zero-order chi connectivity index (χ0) is 9.84. The highest BCUT2D eigenvalue weighted by molar-refractivity contribution is 5.88. The van der Waals surface area contributed by atoms with Gasteiger partial charge in [0.1, 0.15) is 0 Å². The summed E-state index contributed by atoms with van der Waals surface area (Å²) >= 11 is 0. The van der Waals surface area contributed by atoms with Gasteiger partial charge in [-0.3, -0.25) is 4.98 Å². The Hall–Kier alpha value is -1.38. The van der Waals surface area contributed by atoms with Gasteiger partial charge < -0.3 is 5.11 Å². The first kappa shape index (κ1) is 9.71. The van der Waals surface area contributed by atoms with Gasteiger partial charge in [-0.15, -0.1) is 0 Å². The van der Waals surface area contributed by atoms with Crippen molar-refractivity contribution in [3.63, 3.8) is 0 Å². The summed E-state index contributed by atoms with van der Waals surface area (Å²) in [5.74, 6) is -0.896. The van der Waals surface area contributed by atoms with Gasteiger partial charge >= 0.3 is 5.97 Å². The van der Waals surface area contributed by atoms with Gasteiger partial charge in [0.25, 0.3) is 0 Å². The van der Waals surface area contributed by atoms with Gasteiger partial charge in [-0.2, -0.15) is 0 Å². The highest BCUT2D eigenvalue weighted by atomic mass is 16.4. The molecule has 1 N–H and O–H groups in total. The lowest BCUT2D eigenvalue weighted by atomic mass is 10.1. The molecule has 0 saturated heterocycles. The van der Waals surface area contributed by atoms with Crippen molar-refractivity contribution in [1.29, 1.82) is 0 Å². The van der Waals surface area contributed by atoms with Gasteiger partial charge in [0.05, 0.1) is 11.3 Å². The number of aryl methyl sites for hydroxylation is 2. The first-order valence-electron chi connectivity index (χ1n) is 4.41. The molecule has 3 nitrogen and oxygen atoms in total. The smallest absolute Gasteiger partial charge is 0.337 e. The Morgan fingerprint density at radius 2 is 2.08 bits per heavy atom. The molecule has 0 unspecified atom stereocenters. The van der Waals surface area contributed by atoms with Crippen LogP contribution in [0.1, 0.15) is 35.6 Å². The lowest BCUT2D eigenvalue weighted by Crippen LogP contribution is -2.05. The van der Waals surface area contributed by atoms with Crippen LogP contribution in [0.5, 0.6) is 0 Å². The van der Waals surface area contributed by atoms with E-state index in [4.69, 9.17) is 5.11 Å². The van der Waals surface area contributed by atoms with Crippen molar-refractivity contribution in [2.45, 2.75) is 26.7 Å². The van der Waals surface area contributed by atoms with Crippen LogP contribution in [0.25, 0.3) is 0 Å². The van der Waals surface area contributed by atoms with E-state index in [1.807, 2.05) is 13.8 Å². The van der Waals surface area contributed by atoms with Crippen molar-refractivity contribution in [3.05, 3.63) is 29.1 Å². The summed E-state index contributed by atoms with van der Waals surface area (Å²) in [5, 5.41) is 8.82. The van der Waals surface area contributed by atoms with E-state index in [2.05, 4.69) is 4.98 Å². The van der Waals surface area contributed by atoms with Crippen molar-refractivity contribution in [2.24, 2.45) is 0 Å². The molecule has 70 valence electrons. The topological polar surface area (TPSA) is 50.2 Å². The maximum atomic E-state index is 10.7. The summed E-state index contributed by atoms with van der Waals surface area (Å²) < 4.78 is 0. The molecule has 0 bridgehead atoms. The summed E-state index contributed by atoms with van der Waals surface area (Å²) in [5.41, 5.74) is 1.94. The van der Waals surface area contributed by atoms with Gasteiger partial charge in [-0.05, 0) is 25.0 Å². The number of hydrogen-bond donors (Lipinski definition) is 1. The van der Waals surface area contributed by atoms with Crippen LogP contribution in [0.2, 0.25) is 0 Å². The third-order valence-corrected chi connectivity index (χ3v) is 1.96. The molecule has 0 fully saturated rings. The van der Waals surface area contributed by atoms with Crippen molar-refractivity contribution in [3.8, 4) is 0 Å². The summed E-state index contributed by atoms with van der Waals surface area (Å²) in [6.45, 7) is 3.91. The number of carboxylic acids is 1. The Morgan fingerprint density at radius 3 is 2.54 bits per heavy atom. The number of carboxylic acid groups (broad SMARTS) is 1. The maximum Gasteiger partial charge on any atom is 0.337 e. The number of rotatable bonds is 3. The first-order chi connectivity index (χ1) is 6.19. The zero-order valence-electron chi connectivity index (χ0n) is 7.87. The number of hydrogen-bond acceptors (Lipinski definition) is 2. The Labute approximate surface area is 77.4 Å². The minimum atomic E-state index is -0.896. The number of nitrogens with zero attached hydrogens (tertiary/aromatic N) is 1. The Morgan fingerprint density at radius 1 is 1.38 bits per heavy atom. The third-order valence-electron chi connectivity index (χ3n) is 1.96. The normalized spacial score (nSPS) is 10.0. The third kappa shape index (κ3) is 2.05. The molecule has 0 aliphatic heterocycles. The van der Waals surface area contributed by atoms with E-state index in [1.165, 1.54) is 0 Å². The van der Waals surface area contributed by atoms with E-state index in [9.17, 15) is 4.79 Å². The maximum absolute atomic E-state index is 10.7. The highest BCUT2D eigenvalue weighted by Gasteiger charge is 2.09. The van der Waals surface area contributed by atoms with Crippen LogP contribution in [0.4, 0.5) is 0 Å².